The van der Waals surface area contributed by atoms with E-state index in [4.69, 9.17) is 5.73 Å². The van der Waals surface area contributed by atoms with Gasteiger partial charge in [-0.1, -0.05) is 0 Å². The molecule has 0 bridgehead atoms. The molecular weight excluding hydrogens is 334 g/mol. The summed E-state index contributed by atoms with van der Waals surface area (Å²) in [5.74, 6) is -0.563. The van der Waals surface area contributed by atoms with Crippen molar-refractivity contribution in [3.05, 3.63) is 28.5 Å². The highest BCUT2D eigenvalue weighted by molar-refractivity contribution is 9.10. The molecular formula is C14H16BrN5O. The standard InChI is InChI=1S/C14H16BrN5O/c1-8(14(2,3)7-16)19-12-10(13(17)21)5-18-20-6-9(15)4-11(12)20/h4-6,8,19H,1-3H3,(H2,17,21). The minimum atomic E-state index is -0.598. The van der Waals surface area contributed by atoms with Gasteiger partial charge in [-0.25, -0.2) is 4.52 Å². The number of halogens is 1. The van der Waals surface area contributed by atoms with Crippen LogP contribution in [-0.2, 0) is 0 Å². The van der Waals surface area contributed by atoms with Gasteiger partial charge in [-0.3, -0.25) is 4.79 Å². The third-order valence-corrected chi connectivity index (χ3v) is 4.03. The number of carbonyl (C=O) groups excluding carboxylic acids is 1. The number of fused-ring (bicyclic) bond motifs is 1. The second-order valence-corrected chi connectivity index (χ2v) is 6.40. The van der Waals surface area contributed by atoms with Crippen molar-refractivity contribution in [2.45, 2.75) is 26.8 Å². The lowest BCUT2D eigenvalue weighted by atomic mass is 9.87. The van der Waals surface area contributed by atoms with Gasteiger partial charge in [0.15, 0.2) is 0 Å². The lowest BCUT2D eigenvalue weighted by Gasteiger charge is -2.27. The summed E-state index contributed by atoms with van der Waals surface area (Å²) in [4.78, 5) is 11.6. The van der Waals surface area contributed by atoms with Gasteiger partial charge in [0.05, 0.1) is 34.4 Å². The highest BCUT2D eigenvalue weighted by Crippen LogP contribution is 2.29. The average Bonchev–Trinajstić information content (AvgIpc) is 2.79. The molecule has 0 radical (unpaired) electrons. The van der Waals surface area contributed by atoms with E-state index in [1.54, 1.807) is 10.7 Å². The number of rotatable bonds is 4. The van der Waals surface area contributed by atoms with Crippen molar-refractivity contribution in [1.29, 1.82) is 5.26 Å². The summed E-state index contributed by atoms with van der Waals surface area (Å²) >= 11 is 3.38. The molecule has 2 aromatic rings. The molecule has 0 aliphatic heterocycles. The molecule has 2 heterocycles. The van der Waals surface area contributed by atoms with Gasteiger partial charge < -0.3 is 11.1 Å². The Bertz CT molecular complexity index is 744. The fourth-order valence-corrected chi connectivity index (χ4v) is 2.27. The summed E-state index contributed by atoms with van der Waals surface area (Å²) in [7, 11) is 0. The number of nitriles is 1. The summed E-state index contributed by atoms with van der Waals surface area (Å²) in [5, 5.41) is 16.6. The third-order valence-electron chi connectivity index (χ3n) is 3.60. The number of primary amides is 1. The number of nitrogens with two attached hydrogens (primary N) is 1. The molecule has 0 aliphatic carbocycles. The Balaban J connectivity index is 2.57. The van der Waals surface area contributed by atoms with E-state index in [1.165, 1.54) is 6.20 Å². The van der Waals surface area contributed by atoms with Crippen molar-refractivity contribution < 1.29 is 4.79 Å². The molecule has 0 aliphatic rings. The molecule has 7 heteroatoms. The van der Waals surface area contributed by atoms with Crippen LogP contribution in [0.1, 0.15) is 31.1 Å². The zero-order valence-electron chi connectivity index (χ0n) is 12.0. The van der Waals surface area contributed by atoms with Gasteiger partial charge in [-0.05, 0) is 42.8 Å². The Kier molecular flexibility index (Phi) is 3.92. The van der Waals surface area contributed by atoms with Gasteiger partial charge >= 0.3 is 0 Å². The number of aromatic nitrogens is 2. The molecule has 21 heavy (non-hydrogen) atoms. The topological polar surface area (TPSA) is 96.2 Å². The Morgan fingerprint density at radius 1 is 1.62 bits per heavy atom. The Labute approximate surface area is 131 Å². The van der Waals surface area contributed by atoms with Crippen molar-refractivity contribution in [1.82, 2.24) is 9.61 Å². The van der Waals surface area contributed by atoms with E-state index in [9.17, 15) is 10.1 Å². The van der Waals surface area contributed by atoms with Crippen LogP contribution in [0, 0.1) is 16.7 Å². The Hall–Kier alpha value is -2.07. The fourth-order valence-electron chi connectivity index (χ4n) is 1.86. The summed E-state index contributed by atoms with van der Waals surface area (Å²) in [6.45, 7) is 5.56. The molecule has 2 aromatic heterocycles. The zero-order valence-corrected chi connectivity index (χ0v) is 13.6. The molecule has 0 spiro atoms. The van der Waals surface area contributed by atoms with E-state index in [0.29, 0.717) is 11.3 Å². The normalized spacial score (nSPS) is 12.9. The summed E-state index contributed by atoms with van der Waals surface area (Å²) in [6.07, 6.45) is 3.21. The van der Waals surface area contributed by atoms with Gasteiger partial charge in [0.25, 0.3) is 5.91 Å². The maximum absolute atomic E-state index is 11.6. The van der Waals surface area contributed by atoms with Crippen LogP contribution >= 0.6 is 15.9 Å². The first kappa shape index (κ1) is 15.3. The second-order valence-electron chi connectivity index (χ2n) is 5.49. The fraction of sp³-hybridized carbons (Fsp3) is 0.357. The molecule has 110 valence electrons. The molecule has 0 saturated heterocycles. The minimum Gasteiger partial charge on any atom is -0.379 e. The first-order valence-electron chi connectivity index (χ1n) is 6.40. The van der Waals surface area contributed by atoms with Crippen molar-refractivity contribution in [2.24, 2.45) is 11.1 Å². The molecule has 0 saturated carbocycles. The average molecular weight is 350 g/mol. The van der Waals surface area contributed by atoms with E-state index < -0.39 is 11.3 Å². The zero-order chi connectivity index (χ0) is 15.8. The number of anilines is 1. The maximum Gasteiger partial charge on any atom is 0.252 e. The molecule has 1 atom stereocenters. The SMILES string of the molecule is CC(Nc1c(C(N)=O)cnn2cc(Br)cc12)C(C)(C)C#N. The van der Waals surface area contributed by atoms with Gasteiger partial charge in [-0.2, -0.15) is 10.4 Å². The van der Waals surface area contributed by atoms with E-state index >= 15 is 0 Å². The van der Waals surface area contributed by atoms with E-state index in [1.807, 2.05) is 26.8 Å². The summed E-state index contributed by atoms with van der Waals surface area (Å²) < 4.78 is 2.48. The smallest absolute Gasteiger partial charge is 0.252 e. The van der Waals surface area contributed by atoms with Crippen LogP contribution in [0.4, 0.5) is 5.69 Å². The van der Waals surface area contributed by atoms with Crippen LogP contribution < -0.4 is 11.1 Å². The van der Waals surface area contributed by atoms with E-state index in [0.717, 1.165) is 9.99 Å². The number of nitrogens with one attached hydrogen (secondary N) is 1. The highest BCUT2D eigenvalue weighted by Gasteiger charge is 2.27. The number of hydrogen-bond donors (Lipinski definition) is 2. The maximum atomic E-state index is 11.6. The predicted octanol–water partition coefficient (Wildman–Crippen LogP) is 2.55. The number of amides is 1. The monoisotopic (exact) mass is 349 g/mol. The quantitative estimate of drug-likeness (QED) is 0.886. The summed E-state index contributed by atoms with van der Waals surface area (Å²) in [5.41, 5.74) is 6.43. The second kappa shape index (κ2) is 5.37. The van der Waals surface area contributed by atoms with Crippen LogP contribution in [0.3, 0.4) is 0 Å². The molecule has 0 aromatic carbocycles. The molecule has 2 rings (SSSR count). The van der Waals surface area contributed by atoms with Crippen LogP contribution in [0.5, 0.6) is 0 Å². The molecule has 1 unspecified atom stereocenters. The summed E-state index contributed by atoms with van der Waals surface area (Å²) in [6, 6.07) is 3.91. The van der Waals surface area contributed by atoms with Crippen LogP contribution in [0.25, 0.3) is 5.52 Å². The highest BCUT2D eigenvalue weighted by atomic mass is 79.9. The predicted molar refractivity (Wildman–Crippen MR) is 83.9 cm³/mol. The van der Waals surface area contributed by atoms with Gasteiger partial charge in [-0.15, -0.1) is 0 Å². The number of nitrogens with zero attached hydrogens (tertiary/aromatic N) is 3. The molecule has 1 amide bonds. The van der Waals surface area contributed by atoms with Crippen molar-refractivity contribution in [3.63, 3.8) is 0 Å². The molecule has 0 fully saturated rings. The van der Waals surface area contributed by atoms with Crippen molar-refractivity contribution in [3.8, 4) is 6.07 Å². The van der Waals surface area contributed by atoms with Crippen LogP contribution in [0.2, 0.25) is 0 Å². The van der Waals surface area contributed by atoms with E-state index in [2.05, 4.69) is 32.4 Å². The van der Waals surface area contributed by atoms with Gasteiger partial charge in [0, 0.05) is 16.7 Å². The lowest BCUT2D eigenvalue weighted by Crippen LogP contribution is -2.33. The van der Waals surface area contributed by atoms with Crippen molar-refractivity contribution >= 4 is 33.0 Å². The molecule has 6 nitrogen and oxygen atoms in total. The number of hydrogen-bond acceptors (Lipinski definition) is 4. The Morgan fingerprint density at radius 3 is 2.86 bits per heavy atom. The third kappa shape index (κ3) is 2.85. The van der Waals surface area contributed by atoms with Gasteiger partial charge in [0.2, 0.25) is 0 Å². The Morgan fingerprint density at radius 2 is 2.29 bits per heavy atom. The van der Waals surface area contributed by atoms with Gasteiger partial charge in [0.1, 0.15) is 0 Å². The first-order chi connectivity index (χ1) is 9.76. The minimum absolute atomic E-state index is 0.180. The van der Waals surface area contributed by atoms with Crippen LogP contribution in [-0.4, -0.2) is 21.6 Å². The first-order valence-corrected chi connectivity index (χ1v) is 7.20. The molecule has 3 N–H and O–H groups in total. The van der Waals surface area contributed by atoms with Crippen LogP contribution in [0.15, 0.2) is 22.9 Å². The number of carbonyl (C=O) groups is 1. The van der Waals surface area contributed by atoms with Crippen molar-refractivity contribution in [2.75, 3.05) is 5.32 Å². The van der Waals surface area contributed by atoms with E-state index in [-0.39, 0.29) is 6.04 Å². The lowest BCUT2D eigenvalue weighted by molar-refractivity contribution is 0.100. The largest absolute Gasteiger partial charge is 0.379 e.